The van der Waals surface area contributed by atoms with Gasteiger partial charge in [0.1, 0.15) is 5.82 Å². The third-order valence-electron chi connectivity index (χ3n) is 2.79. The fourth-order valence-corrected chi connectivity index (χ4v) is 2.30. The Morgan fingerprint density at radius 3 is 3.00 bits per heavy atom. The minimum Gasteiger partial charge on any atom is -0.352 e. The van der Waals surface area contributed by atoms with Crippen molar-refractivity contribution in [2.75, 3.05) is 6.54 Å². The molecule has 0 aliphatic carbocycles. The van der Waals surface area contributed by atoms with Crippen molar-refractivity contribution in [3.8, 4) is 0 Å². The Hall–Kier alpha value is -0.940. The second-order valence-electron chi connectivity index (χ2n) is 4.18. The van der Waals surface area contributed by atoms with Crippen molar-refractivity contribution in [3.63, 3.8) is 0 Å². The summed E-state index contributed by atoms with van der Waals surface area (Å²) in [5.41, 5.74) is 1.02. The van der Waals surface area contributed by atoms with Crippen LogP contribution in [-0.2, 0) is 11.3 Å². The van der Waals surface area contributed by atoms with Gasteiger partial charge in [-0.2, -0.15) is 0 Å². The molecule has 0 spiro atoms. The van der Waals surface area contributed by atoms with Crippen LogP contribution < -0.4 is 10.6 Å². The Labute approximate surface area is 108 Å². The summed E-state index contributed by atoms with van der Waals surface area (Å²) < 4.78 is 13.5. The molecule has 1 atom stereocenters. The molecular formula is C12H14BrFN2O. The molecule has 1 saturated heterocycles. The molecule has 2 N–H and O–H groups in total. The Morgan fingerprint density at radius 2 is 2.35 bits per heavy atom. The van der Waals surface area contributed by atoms with Crippen LogP contribution in [0.3, 0.4) is 0 Å². The SMILES string of the molecule is O=C1CCC(CNCc2ccc(F)c(Br)c2)N1. The van der Waals surface area contributed by atoms with Crippen molar-refractivity contribution in [1.29, 1.82) is 0 Å². The Morgan fingerprint density at radius 1 is 1.53 bits per heavy atom. The summed E-state index contributed by atoms with van der Waals surface area (Å²) in [6, 6.07) is 5.18. The van der Waals surface area contributed by atoms with Crippen LogP contribution in [-0.4, -0.2) is 18.5 Å². The summed E-state index contributed by atoms with van der Waals surface area (Å²) in [5.74, 6) is -0.127. The van der Waals surface area contributed by atoms with E-state index in [1.54, 1.807) is 12.1 Å². The van der Waals surface area contributed by atoms with Gasteiger partial charge in [0.15, 0.2) is 0 Å². The molecule has 1 aliphatic rings. The number of hydrogen-bond acceptors (Lipinski definition) is 2. The lowest BCUT2D eigenvalue weighted by Gasteiger charge is -2.11. The number of carbonyl (C=O) groups excluding carboxylic acids is 1. The molecule has 0 bridgehead atoms. The van der Waals surface area contributed by atoms with Crippen LogP contribution in [0.15, 0.2) is 22.7 Å². The number of hydrogen-bond donors (Lipinski definition) is 2. The summed E-state index contributed by atoms with van der Waals surface area (Å²) in [5, 5.41) is 6.14. The van der Waals surface area contributed by atoms with Gasteiger partial charge in [-0.1, -0.05) is 6.07 Å². The van der Waals surface area contributed by atoms with E-state index in [9.17, 15) is 9.18 Å². The quantitative estimate of drug-likeness (QED) is 0.892. The summed E-state index contributed by atoms with van der Waals surface area (Å²) >= 11 is 3.15. The fourth-order valence-electron chi connectivity index (χ4n) is 1.87. The smallest absolute Gasteiger partial charge is 0.220 e. The topological polar surface area (TPSA) is 41.1 Å². The highest BCUT2D eigenvalue weighted by atomic mass is 79.9. The molecular weight excluding hydrogens is 287 g/mol. The van der Waals surface area contributed by atoms with Crippen molar-refractivity contribution in [2.45, 2.75) is 25.4 Å². The maximum absolute atomic E-state index is 13.0. The monoisotopic (exact) mass is 300 g/mol. The van der Waals surface area contributed by atoms with E-state index in [1.807, 2.05) is 0 Å². The highest BCUT2D eigenvalue weighted by Crippen LogP contribution is 2.16. The maximum Gasteiger partial charge on any atom is 0.220 e. The Bertz CT molecular complexity index is 425. The van der Waals surface area contributed by atoms with E-state index in [1.165, 1.54) is 6.07 Å². The van der Waals surface area contributed by atoms with Crippen LogP contribution in [0.1, 0.15) is 18.4 Å². The summed E-state index contributed by atoms with van der Waals surface area (Å²) in [6.07, 6.45) is 1.51. The minimum atomic E-state index is -0.253. The standard InChI is InChI=1S/C12H14BrFN2O/c13-10-5-8(1-3-11(10)14)6-15-7-9-2-4-12(17)16-9/h1,3,5,9,15H,2,4,6-7H2,(H,16,17). The lowest BCUT2D eigenvalue weighted by Crippen LogP contribution is -2.35. The van der Waals surface area contributed by atoms with E-state index in [0.717, 1.165) is 18.5 Å². The van der Waals surface area contributed by atoms with Gasteiger partial charge in [-0.3, -0.25) is 4.79 Å². The van der Waals surface area contributed by atoms with Crippen molar-refractivity contribution < 1.29 is 9.18 Å². The number of nitrogens with one attached hydrogen (secondary N) is 2. The highest BCUT2D eigenvalue weighted by Gasteiger charge is 2.19. The predicted octanol–water partition coefficient (Wildman–Crippen LogP) is 1.96. The van der Waals surface area contributed by atoms with Gasteiger partial charge in [0, 0.05) is 25.6 Å². The first-order valence-electron chi connectivity index (χ1n) is 5.59. The molecule has 3 nitrogen and oxygen atoms in total. The molecule has 1 aromatic carbocycles. The average molecular weight is 301 g/mol. The van der Waals surface area contributed by atoms with Crippen LogP contribution in [0.4, 0.5) is 4.39 Å². The largest absolute Gasteiger partial charge is 0.352 e. The van der Waals surface area contributed by atoms with Crippen molar-refractivity contribution >= 4 is 21.8 Å². The number of benzene rings is 1. The van der Waals surface area contributed by atoms with E-state index in [-0.39, 0.29) is 17.8 Å². The first-order valence-corrected chi connectivity index (χ1v) is 6.38. The lowest BCUT2D eigenvalue weighted by molar-refractivity contribution is -0.119. The van der Waals surface area contributed by atoms with Gasteiger partial charge in [-0.05, 0) is 40.0 Å². The molecule has 0 saturated carbocycles. The normalized spacial score (nSPS) is 19.4. The molecule has 1 amide bonds. The van der Waals surface area contributed by atoms with Crippen molar-refractivity contribution in [1.82, 2.24) is 10.6 Å². The van der Waals surface area contributed by atoms with E-state index >= 15 is 0 Å². The highest BCUT2D eigenvalue weighted by molar-refractivity contribution is 9.10. The summed E-state index contributed by atoms with van der Waals surface area (Å²) in [6.45, 7) is 1.42. The predicted molar refractivity (Wildman–Crippen MR) is 67.0 cm³/mol. The molecule has 1 unspecified atom stereocenters. The van der Waals surface area contributed by atoms with Gasteiger partial charge in [-0.25, -0.2) is 4.39 Å². The van der Waals surface area contributed by atoms with Crippen molar-refractivity contribution in [2.24, 2.45) is 0 Å². The summed E-state index contributed by atoms with van der Waals surface area (Å²) in [4.78, 5) is 11.0. The number of amides is 1. The second kappa shape index (κ2) is 5.60. The summed E-state index contributed by atoms with van der Waals surface area (Å²) in [7, 11) is 0. The average Bonchev–Trinajstić information content (AvgIpc) is 2.70. The van der Waals surface area contributed by atoms with Crippen LogP contribution in [0.25, 0.3) is 0 Å². The molecule has 0 radical (unpaired) electrons. The zero-order valence-corrected chi connectivity index (χ0v) is 10.9. The zero-order chi connectivity index (χ0) is 12.3. The second-order valence-corrected chi connectivity index (χ2v) is 5.04. The molecule has 1 aliphatic heterocycles. The van der Waals surface area contributed by atoms with E-state index in [4.69, 9.17) is 0 Å². The lowest BCUT2D eigenvalue weighted by atomic mass is 10.2. The molecule has 5 heteroatoms. The number of halogens is 2. The molecule has 2 rings (SSSR count). The zero-order valence-electron chi connectivity index (χ0n) is 9.30. The van der Waals surface area contributed by atoms with Gasteiger partial charge >= 0.3 is 0 Å². The molecule has 1 fully saturated rings. The van der Waals surface area contributed by atoms with Gasteiger partial charge in [-0.15, -0.1) is 0 Å². The van der Waals surface area contributed by atoms with E-state index < -0.39 is 0 Å². The van der Waals surface area contributed by atoms with Gasteiger partial charge < -0.3 is 10.6 Å². The van der Waals surface area contributed by atoms with Crippen LogP contribution in [0.5, 0.6) is 0 Å². The molecule has 1 heterocycles. The van der Waals surface area contributed by atoms with E-state index in [0.29, 0.717) is 17.4 Å². The van der Waals surface area contributed by atoms with Crippen LogP contribution >= 0.6 is 15.9 Å². The molecule has 0 aromatic heterocycles. The third kappa shape index (κ3) is 3.51. The van der Waals surface area contributed by atoms with Gasteiger partial charge in [0.05, 0.1) is 4.47 Å². The van der Waals surface area contributed by atoms with E-state index in [2.05, 4.69) is 26.6 Å². The van der Waals surface area contributed by atoms with Crippen molar-refractivity contribution in [3.05, 3.63) is 34.1 Å². The maximum atomic E-state index is 13.0. The first kappa shape index (κ1) is 12.5. The minimum absolute atomic E-state index is 0.126. The first-order chi connectivity index (χ1) is 8.15. The molecule has 17 heavy (non-hydrogen) atoms. The van der Waals surface area contributed by atoms with Crippen LogP contribution in [0, 0.1) is 5.82 Å². The molecule has 92 valence electrons. The van der Waals surface area contributed by atoms with Gasteiger partial charge in [0.25, 0.3) is 0 Å². The number of rotatable bonds is 4. The number of carbonyl (C=O) groups is 1. The van der Waals surface area contributed by atoms with Gasteiger partial charge in [0.2, 0.25) is 5.91 Å². The Balaban J connectivity index is 1.78. The Kier molecular flexibility index (Phi) is 4.12. The molecule has 1 aromatic rings. The third-order valence-corrected chi connectivity index (χ3v) is 3.40. The van der Waals surface area contributed by atoms with Crippen LogP contribution in [0.2, 0.25) is 0 Å². The fraction of sp³-hybridized carbons (Fsp3) is 0.417.